The third-order valence-electron chi connectivity index (χ3n) is 5.13. The van der Waals surface area contributed by atoms with Crippen molar-refractivity contribution in [1.82, 2.24) is 30.6 Å². The second kappa shape index (κ2) is 12.7. The lowest BCUT2D eigenvalue weighted by atomic mass is 10.0. The number of nitrogens with zero attached hydrogens (tertiary/aromatic N) is 6. The molecule has 1 saturated heterocycles. The Morgan fingerprint density at radius 3 is 2.00 bits per heavy atom. The fourth-order valence-corrected chi connectivity index (χ4v) is 3.51. The predicted molar refractivity (Wildman–Crippen MR) is 128 cm³/mol. The number of carbonyl (C=O) groups is 2. The summed E-state index contributed by atoms with van der Waals surface area (Å²) in [7, 11) is 0. The minimum atomic E-state index is -1.11. The Balaban J connectivity index is 0.000000287. The molecule has 10 nitrogen and oxygen atoms in total. The van der Waals surface area contributed by atoms with Gasteiger partial charge >= 0.3 is 5.97 Å². The van der Waals surface area contributed by atoms with Gasteiger partial charge in [-0.3, -0.25) is 9.69 Å². The summed E-state index contributed by atoms with van der Waals surface area (Å²) >= 11 is 11.0. The molecule has 0 spiro atoms. The zero-order valence-corrected chi connectivity index (χ0v) is 19.9. The highest BCUT2D eigenvalue weighted by molar-refractivity contribution is 6.29. The smallest absolute Gasteiger partial charge is 0.356 e. The molecular formula is C23H21Cl2N7O3. The summed E-state index contributed by atoms with van der Waals surface area (Å²) < 4.78 is 0. The summed E-state index contributed by atoms with van der Waals surface area (Å²) in [5, 5.41) is 34.8. The maximum absolute atomic E-state index is 12.2. The normalized spacial score (nSPS) is 13.7. The van der Waals surface area contributed by atoms with Gasteiger partial charge in [0.15, 0.2) is 21.7 Å². The van der Waals surface area contributed by atoms with Gasteiger partial charge in [-0.25, -0.2) is 4.79 Å². The molecule has 0 radical (unpaired) electrons. The Kier molecular flexibility index (Phi) is 9.43. The van der Waals surface area contributed by atoms with Gasteiger partial charge < -0.3 is 10.4 Å². The Labute approximate surface area is 211 Å². The highest BCUT2D eigenvalue weighted by Crippen LogP contribution is 2.15. The zero-order valence-electron chi connectivity index (χ0n) is 18.4. The number of hydrogen-bond acceptors (Lipinski definition) is 8. The third-order valence-corrected chi connectivity index (χ3v) is 5.53. The average molecular weight is 514 g/mol. The van der Waals surface area contributed by atoms with Gasteiger partial charge in [-0.15, -0.1) is 20.4 Å². The molecule has 3 heterocycles. The molecule has 1 aromatic carbocycles. The number of benzene rings is 1. The quantitative estimate of drug-likeness (QED) is 0.524. The van der Waals surface area contributed by atoms with Gasteiger partial charge in [-0.05, 0) is 54.8 Å². The Hall–Kier alpha value is -3.65. The van der Waals surface area contributed by atoms with Crippen LogP contribution in [0, 0.1) is 11.3 Å². The number of piperidine rings is 1. The first-order valence-corrected chi connectivity index (χ1v) is 11.3. The Morgan fingerprint density at radius 1 is 0.943 bits per heavy atom. The summed E-state index contributed by atoms with van der Waals surface area (Å²) in [5.74, 6) is -1.32. The number of carbonyl (C=O) groups excluding carboxylic acids is 1. The summed E-state index contributed by atoms with van der Waals surface area (Å²) in [6, 6.07) is 15.7. The molecule has 1 amide bonds. The van der Waals surface area contributed by atoms with Crippen LogP contribution in [-0.4, -0.2) is 61.4 Å². The number of halogens is 2. The third kappa shape index (κ3) is 8.26. The second-order valence-electron chi connectivity index (χ2n) is 7.62. The monoisotopic (exact) mass is 513 g/mol. The van der Waals surface area contributed by atoms with Gasteiger partial charge in [0.05, 0.1) is 11.6 Å². The molecule has 3 aromatic rings. The van der Waals surface area contributed by atoms with Gasteiger partial charge in [0.25, 0.3) is 5.91 Å². The number of rotatable bonds is 5. The van der Waals surface area contributed by atoms with Crippen LogP contribution >= 0.6 is 23.2 Å². The topological polar surface area (TPSA) is 145 Å². The van der Waals surface area contributed by atoms with Crippen LogP contribution < -0.4 is 5.32 Å². The summed E-state index contributed by atoms with van der Waals surface area (Å²) in [6.07, 6.45) is 1.78. The predicted octanol–water partition coefficient (Wildman–Crippen LogP) is 3.22. The average Bonchev–Trinajstić information content (AvgIpc) is 2.87. The number of aromatic nitrogens is 4. The number of nitrogens with one attached hydrogen (secondary N) is 1. The van der Waals surface area contributed by atoms with E-state index >= 15 is 0 Å². The molecule has 4 rings (SSSR count). The van der Waals surface area contributed by atoms with E-state index in [0.717, 1.165) is 32.5 Å². The van der Waals surface area contributed by atoms with Crippen LogP contribution in [0.3, 0.4) is 0 Å². The number of carboxylic acid groups (broad SMARTS) is 1. The van der Waals surface area contributed by atoms with Crippen molar-refractivity contribution in [2.45, 2.75) is 25.4 Å². The van der Waals surface area contributed by atoms with Crippen molar-refractivity contribution in [3.05, 3.63) is 81.4 Å². The lowest BCUT2D eigenvalue weighted by molar-refractivity contribution is 0.0689. The number of nitriles is 1. The van der Waals surface area contributed by atoms with E-state index in [9.17, 15) is 9.59 Å². The van der Waals surface area contributed by atoms with Crippen LogP contribution in [0.25, 0.3) is 0 Å². The van der Waals surface area contributed by atoms with E-state index in [-0.39, 0.29) is 33.6 Å². The van der Waals surface area contributed by atoms with Crippen LogP contribution in [0.5, 0.6) is 0 Å². The van der Waals surface area contributed by atoms with E-state index in [1.54, 1.807) is 12.1 Å². The number of hydrogen-bond donors (Lipinski definition) is 2. The van der Waals surface area contributed by atoms with Crippen molar-refractivity contribution >= 4 is 35.1 Å². The number of aromatic carboxylic acids is 1. The van der Waals surface area contributed by atoms with E-state index in [2.05, 4.69) is 36.7 Å². The number of amides is 1. The molecular weight excluding hydrogens is 493 g/mol. The SMILES string of the molecule is N#Cc1ccc(CN2CCC(NC(=O)c3ccc(Cl)nn3)CC2)cc1.O=C(O)c1ccc(Cl)nn1. The fraction of sp³-hybridized carbons (Fsp3) is 0.261. The van der Waals surface area contributed by atoms with Crippen molar-refractivity contribution in [3.63, 3.8) is 0 Å². The minimum absolute atomic E-state index is 0.107. The van der Waals surface area contributed by atoms with Crippen molar-refractivity contribution < 1.29 is 14.7 Å². The molecule has 0 unspecified atom stereocenters. The van der Waals surface area contributed by atoms with Crippen molar-refractivity contribution in [2.75, 3.05) is 13.1 Å². The first-order chi connectivity index (χ1) is 16.8. The summed E-state index contributed by atoms with van der Waals surface area (Å²) in [6.45, 7) is 2.68. The molecule has 1 aliphatic heterocycles. The maximum atomic E-state index is 12.2. The number of likely N-dealkylation sites (tertiary alicyclic amines) is 1. The molecule has 1 aliphatic rings. The summed E-state index contributed by atoms with van der Waals surface area (Å²) in [5.41, 5.74) is 2.04. The second-order valence-corrected chi connectivity index (χ2v) is 8.39. The van der Waals surface area contributed by atoms with E-state index in [0.29, 0.717) is 5.56 Å². The first-order valence-electron chi connectivity index (χ1n) is 10.6. The van der Waals surface area contributed by atoms with Crippen LogP contribution in [0.15, 0.2) is 48.5 Å². The summed E-state index contributed by atoms with van der Waals surface area (Å²) in [4.78, 5) is 24.7. The molecule has 0 saturated carbocycles. The molecule has 0 aliphatic carbocycles. The molecule has 0 bridgehead atoms. The molecule has 0 atom stereocenters. The van der Waals surface area contributed by atoms with E-state index in [1.165, 1.54) is 17.7 Å². The minimum Gasteiger partial charge on any atom is -0.476 e. The standard InChI is InChI=1S/C18H18ClN5O.C5H3ClN2O2/c19-17-6-5-16(22-23-17)18(25)21-15-7-9-24(10-8-15)12-14-3-1-13(11-20)2-4-14;6-4-2-1-3(5(9)10)7-8-4/h1-6,15H,7-10,12H2,(H,21,25);1-2H,(H,9,10). The van der Waals surface area contributed by atoms with Crippen molar-refractivity contribution in [2.24, 2.45) is 0 Å². The lowest BCUT2D eigenvalue weighted by Gasteiger charge is -2.32. The van der Waals surface area contributed by atoms with Crippen molar-refractivity contribution in [3.8, 4) is 6.07 Å². The van der Waals surface area contributed by atoms with Crippen LogP contribution in [-0.2, 0) is 6.54 Å². The molecule has 12 heteroatoms. The Morgan fingerprint density at radius 2 is 1.51 bits per heavy atom. The highest BCUT2D eigenvalue weighted by atomic mass is 35.5. The van der Waals surface area contributed by atoms with E-state index in [4.69, 9.17) is 33.6 Å². The van der Waals surface area contributed by atoms with Gasteiger partial charge in [-0.1, -0.05) is 35.3 Å². The van der Waals surface area contributed by atoms with E-state index in [1.807, 2.05) is 24.3 Å². The van der Waals surface area contributed by atoms with Gasteiger partial charge in [0.1, 0.15) is 0 Å². The zero-order chi connectivity index (χ0) is 25.2. The van der Waals surface area contributed by atoms with Crippen LogP contribution in [0.2, 0.25) is 10.3 Å². The number of carboxylic acids is 1. The highest BCUT2D eigenvalue weighted by Gasteiger charge is 2.21. The first kappa shape index (κ1) is 26.0. The van der Waals surface area contributed by atoms with Crippen molar-refractivity contribution in [1.29, 1.82) is 5.26 Å². The van der Waals surface area contributed by atoms with E-state index < -0.39 is 5.97 Å². The molecule has 35 heavy (non-hydrogen) atoms. The molecule has 2 aromatic heterocycles. The van der Waals surface area contributed by atoms with Gasteiger partial charge in [0, 0.05) is 25.7 Å². The molecule has 2 N–H and O–H groups in total. The van der Waals surface area contributed by atoms with Crippen LogP contribution in [0.1, 0.15) is 44.9 Å². The molecule has 180 valence electrons. The lowest BCUT2D eigenvalue weighted by Crippen LogP contribution is -2.44. The largest absolute Gasteiger partial charge is 0.476 e. The Bertz CT molecular complexity index is 1180. The van der Waals surface area contributed by atoms with Gasteiger partial charge in [-0.2, -0.15) is 5.26 Å². The fourth-order valence-electron chi connectivity index (χ4n) is 3.30. The molecule has 1 fully saturated rings. The van der Waals surface area contributed by atoms with Crippen LogP contribution in [0.4, 0.5) is 0 Å². The maximum Gasteiger partial charge on any atom is 0.356 e. The van der Waals surface area contributed by atoms with Gasteiger partial charge in [0.2, 0.25) is 0 Å².